The number of benzene rings is 2. The van der Waals surface area contributed by atoms with Gasteiger partial charge in [-0.25, -0.2) is 0 Å². The normalized spacial score (nSPS) is 10.7. The van der Waals surface area contributed by atoms with E-state index in [1.807, 2.05) is 29.6 Å². The summed E-state index contributed by atoms with van der Waals surface area (Å²) in [6.45, 7) is 0. The molecule has 3 aromatic rings. The Morgan fingerprint density at radius 2 is 1.72 bits per heavy atom. The molecule has 0 aliphatic carbocycles. The molecule has 0 spiro atoms. The van der Waals surface area contributed by atoms with E-state index in [9.17, 15) is 4.79 Å². The van der Waals surface area contributed by atoms with Gasteiger partial charge in [0.25, 0.3) is 0 Å². The lowest BCUT2D eigenvalue weighted by Gasteiger charge is -2.00. The van der Waals surface area contributed by atoms with Crippen LogP contribution < -0.4 is 5.73 Å². The monoisotopic (exact) mass is 253 g/mol. The van der Waals surface area contributed by atoms with Gasteiger partial charge in [-0.15, -0.1) is 11.3 Å². The predicted molar refractivity (Wildman–Crippen MR) is 76.1 cm³/mol. The topological polar surface area (TPSA) is 43.1 Å². The molecule has 0 bridgehead atoms. The van der Waals surface area contributed by atoms with Gasteiger partial charge in [0.15, 0.2) is 5.78 Å². The van der Waals surface area contributed by atoms with Crippen LogP contribution in [0.5, 0.6) is 0 Å². The molecular formula is C15H11NOS. The Balaban J connectivity index is 2.09. The fourth-order valence-corrected chi connectivity index (χ4v) is 2.88. The smallest absolute Gasteiger partial charge is 0.194 e. The van der Waals surface area contributed by atoms with Crippen molar-refractivity contribution in [1.82, 2.24) is 0 Å². The summed E-state index contributed by atoms with van der Waals surface area (Å²) in [7, 11) is 0. The summed E-state index contributed by atoms with van der Waals surface area (Å²) in [5.74, 6) is 0.0486. The van der Waals surface area contributed by atoms with Gasteiger partial charge in [-0.05, 0) is 30.3 Å². The minimum atomic E-state index is 0.0486. The Hall–Kier alpha value is -2.13. The maximum atomic E-state index is 12.4. The molecule has 0 aliphatic heterocycles. The van der Waals surface area contributed by atoms with Gasteiger partial charge < -0.3 is 5.73 Å². The molecule has 3 heteroatoms. The zero-order valence-corrected chi connectivity index (χ0v) is 10.4. The number of rotatable bonds is 2. The third-order valence-electron chi connectivity index (χ3n) is 2.90. The lowest BCUT2D eigenvalue weighted by Crippen LogP contribution is -2.00. The van der Waals surface area contributed by atoms with E-state index in [1.165, 1.54) is 0 Å². The van der Waals surface area contributed by atoms with Crippen LogP contribution in [-0.2, 0) is 0 Å². The molecule has 88 valence electrons. The molecule has 1 heterocycles. The number of hydrogen-bond donors (Lipinski definition) is 1. The van der Waals surface area contributed by atoms with Crippen LogP contribution >= 0.6 is 11.3 Å². The maximum absolute atomic E-state index is 12.4. The number of carbonyl (C=O) groups is 1. The van der Waals surface area contributed by atoms with E-state index in [2.05, 4.69) is 0 Å². The van der Waals surface area contributed by atoms with E-state index in [0.29, 0.717) is 11.3 Å². The number of ketones is 1. The lowest BCUT2D eigenvalue weighted by atomic mass is 10.0. The molecular weight excluding hydrogens is 242 g/mol. The molecule has 0 saturated heterocycles. The molecule has 3 rings (SSSR count). The van der Waals surface area contributed by atoms with Crippen molar-refractivity contribution in [2.24, 2.45) is 0 Å². The second kappa shape index (κ2) is 4.27. The fraction of sp³-hybridized carbons (Fsp3) is 0. The first kappa shape index (κ1) is 11.0. The van der Waals surface area contributed by atoms with Crippen LogP contribution in [0, 0.1) is 0 Å². The Bertz CT molecular complexity index is 713. The third-order valence-corrected chi connectivity index (χ3v) is 3.86. The summed E-state index contributed by atoms with van der Waals surface area (Å²) in [6, 6.07) is 15.0. The highest BCUT2D eigenvalue weighted by Crippen LogP contribution is 2.27. The SMILES string of the molecule is Nc1ccc(C(=O)c2csc3ccccc23)cc1. The second-order valence-corrected chi connectivity index (χ2v) is 5.01. The largest absolute Gasteiger partial charge is 0.399 e. The van der Waals surface area contributed by atoms with Crippen molar-refractivity contribution in [2.75, 3.05) is 5.73 Å². The molecule has 1 aromatic heterocycles. The van der Waals surface area contributed by atoms with Gasteiger partial charge in [-0.3, -0.25) is 4.79 Å². The summed E-state index contributed by atoms with van der Waals surface area (Å²) >= 11 is 1.59. The molecule has 0 radical (unpaired) electrons. The van der Waals surface area contributed by atoms with Gasteiger partial charge in [0.05, 0.1) is 0 Å². The zero-order valence-electron chi connectivity index (χ0n) is 9.59. The third kappa shape index (κ3) is 1.79. The lowest BCUT2D eigenvalue weighted by molar-refractivity contribution is 0.104. The van der Waals surface area contributed by atoms with Crippen LogP contribution in [0.3, 0.4) is 0 Å². The zero-order chi connectivity index (χ0) is 12.5. The Morgan fingerprint density at radius 3 is 2.50 bits per heavy atom. The second-order valence-electron chi connectivity index (χ2n) is 4.10. The van der Waals surface area contributed by atoms with Gasteiger partial charge >= 0.3 is 0 Å². The van der Waals surface area contributed by atoms with Crippen molar-refractivity contribution in [1.29, 1.82) is 0 Å². The Kier molecular flexibility index (Phi) is 2.61. The number of fused-ring (bicyclic) bond motifs is 1. The molecule has 0 unspecified atom stereocenters. The van der Waals surface area contributed by atoms with Gasteiger partial charge in [-0.2, -0.15) is 0 Å². The molecule has 0 saturated carbocycles. The fourth-order valence-electron chi connectivity index (χ4n) is 1.94. The molecule has 0 atom stereocenters. The van der Waals surface area contributed by atoms with Gasteiger partial charge in [0, 0.05) is 32.3 Å². The molecule has 2 N–H and O–H groups in total. The van der Waals surface area contributed by atoms with Crippen molar-refractivity contribution in [3.63, 3.8) is 0 Å². The average molecular weight is 253 g/mol. The highest BCUT2D eigenvalue weighted by Gasteiger charge is 2.13. The summed E-state index contributed by atoms with van der Waals surface area (Å²) in [5.41, 5.74) is 7.73. The van der Waals surface area contributed by atoms with Crippen molar-refractivity contribution in [3.8, 4) is 0 Å². The first-order chi connectivity index (χ1) is 8.75. The maximum Gasteiger partial charge on any atom is 0.194 e. The van der Waals surface area contributed by atoms with E-state index in [0.717, 1.165) is 15.6 Å². The van der Waals surface area contributed by atoms with Crippen molar-refractivity contribution >= 4 is 32.9 Å². The molecule has 2 nitrogen and oxygen atoms in total. The standard InChI is InChI=1S/C15H11NOS/c16-11-7-5-10(6-8-11)15(17)13-9-18-14-4-2-1-3-12(13)14/h1-9H,16H2. The van der Waals surface area contributed by atoms with Crippen molar-refractivity contribution in [2.45, 2.75) is 0 Å². The first-order valence-corrected chi connectivity index (χ1v) is 6.50. The molecule has 0 amide bonds. The molecule has 0 fully saturated rings. The van der Waals surface area contributed by atoms with E-state index in [-0.39, 0.29) is 5.78 Å². The number of thiophene rings is 1. The van der Waals surface area contributed by atoms with Crippen LogP contribution in [0.25, 0.3) is 10.1 Å². The minimum Gasteiger partial charge on any atom is -0.399 e. The van der Waals surface area contributed by atoms with E-state index >= 15 is 0 Å². The van der Waals surface area contributed by atoms with Crippen LogP contribution in [0.1, 0.15) is 15.9 Å². The van der Waals surface area contributed by atoms with Crippen LogP contribution in [-0.4, -0.2) is 5.78 Å². The minimum absolute atomic E-state index is 0.0486. The Labute approximate surface area is 109 Å². The highest BCUT2D eigenvalue weighted by atomic mass is 32.1. The average Bonchev–Trinajstić information content (AvgIpc) is 2.82. The van der Waals surface area contributed by atoms with Crippen LogP contribution in [0.15, 0.2) is 53.9 Å². The van der Waals surface area contributed by atoms with E-state index < -0.39 is 0 Å². The van der Waals surface area contributed by atoms with Crippen LogP contribution in [0.2, 0.25) is 0 Å². The number of carbonyl (C=O) groups excluding carboxylic acids is 1. The van der Waals surface area contributed by atoms with Crippen molar-refractivity contribution in [3.05, 3.63) is 65.0 Å². The van der Waals surface area contributed by atoms with Gasteiger partial charge in [-0.1, -0.05) is 18.2 Å². The van der Waals surface area contributed by atoms with E-state index in [1.54, 1.807) is 35.6 Å². The Morgan fingerprint density at radius 1 is 1.00 bits per heavy atom. The number of nitrogen functional groups attached to an aromatic ring is 1. The number of anilines is 1. The predicted octanol–water partition coefficient (Wildman–Crippen LogP) is 3.71. The van der Waals surface area contributed by atoms with Crippen molar-refractivity contribution < 1.29 is 4.79 Å². The quantitative estimate of drug-likeness (QED) is 0.559. The molecule has 18 heavy (non-hydrogen) atoms. The molecule has 0 aliphatic rings. The first-order valence-electron chi connectivity index (χ1n) is 5.62. The van der Waals surface area contributed by atoms with Crippen LogP contribution in [0.4, 0.5) is 5.69 Å². The molecule has 2 aromatic carbocycles. The summed E-state index contributed by atoms with van der Waals surface area (Å²) < 4.78 is 1.14. The van der Waals surface area contributed by atoms with Gasteiger partial charge in [0.2, 0.25) is 0 Å². The highest BCUT2D eigenvalue weighted by molar-refractivity contribution is 7.17. The summed E-state index contributed by atoms with van der Waals surface area (Å²) in [5, 5.41) is 2.94. The summed E-state index contributed by atoms with van der Waals surface area (Å²) in [4.78, 5) is 12.4. The number of nitrogens with two attached hydrogens (primary N) is 1. The number of hydrogen-bond acceptors (Lipinski definition) is 3. The summed E-state index contributed by atoms with van der Waals surface area (Å²) in [6.07, 6.45) is 0. The van der Waals surface area contributed by atoms with E-state index in [4.69, 9.17) is 5.73 Å². The van der Waals surface area contributed by atoms with Gasteiger partial charge in [0.1, 0.15) is 0 Å².